The molecular weight excluding hydrogens is 383 g/mol. The molecule has 2 heterocycles. The highest BCUT2D eigenvalue weighted by molar-refractivity contribution is 6.01. The van der Waals surface area contributed by atoms with Crippen molar-refractivity contribution in [2.45, 2.75) is 13.8 Å². The second-order valence-corrected chi connectivity index (χ2v) is 7.62. The van der Waals surface area contributed by atoms with Gasteiger partial charge in [0.15, 0.2) is 0 Å². The van der Waals surface area contributed by atoms with E-state index in [2.05, 4.69) is 39.2 Å². The van der Waals surface area contributed by atoms with E-state index >= 15 is 0 Å². The first-order valence-corrected chi connectivity index (χ1v) is 9.96. The number of likely N-dealkylation sites (N-methyl/N-ethyl adjacent to an activating group) is 1. The van der Waals surface area contributed by atoms with Crippen LogP contribution in [0.2, 0.25) is 0 Å². The minimum absolute atomic E-state index is 0.0672. The molecule has 156 valence electrons. The number of piperazine rings is 1. The Hall–Kier alpha value is -3.26. The Morgan fingerprint density at radius 2 is 1.73 bits per heavy atom. The van der Waals surface area contributed by atoms with Gasteiger partial charge in [0, 0.05) is 37.6 Å². The summed E-state index contributed by atoms with van der Waals surface area (Å²) >= 11 is 0. The van der Waals surface area contributed by atoms with Crippen LogP contribution in [0.15, 0.2) is 42.5 Å². The third-order valence-corrected chi connectivity index (χ3v) is 5.34. The molecule has 7 nitrogen and oxygen atoms in total. The average molecular weight is 408 g/mol. The Bertz CT molecular complexity index is 1050. The van der Waals surface area contributed by atoms with Gasteiger partial charge in [-0.25, -0.2) is 14.1 Å². The van der Waals surface area contributed by atoms with Crippen molar-refractivity contribution >= 4 is 17.3 Å². The molecule has 1 aliphatic heterocycles. The Kier molecular flexibility index (Phi) is 5.50. The molecule has 1 N–H and O–H groups in total. The van der Waals surface area contributed by atoms with Crippen molar-refractivity contribution in [3.63, 3.8) is 0 Å². The maximum Gasteiger partial charge on any atom is 0.295 e. The molecule has 0 atom stereocenters. The van der Waals surface area contributed by atoms with Crippen LogP contribution in [-0.4, -0.2) is 58.8 Å². The topological polar surface area (TPSA) is 66.3 Å². The van der Waals surface area contributed by atoms with E-state index in [-0.39, 0.29) is 17.5 Å². The number of aryl methyl sites for hydroxylation is 2. The van der Waals surface area contributed by atoms with Crippen LogP contribution in [0.25, 0.3) is 5.69 Å². The zero-order valence-electron chi connectivity index (χ0n) is 17.4. The van der Waals surface area contributed by atoms with Crippen LogP contribution in [0.1, 0.15) is 22.0 Å². The van der Waals surface area contributed by atoms with Crippen LogP contribution >= 0.6 is 0 Å². The maximum absolute atomic E-state index is 13.2. The van der Waals surface area contributed by atoms with Crippen molar-refractivity contribution in [3.8, 4) is 5.69 Å². The fourth-order valence-corrected chi connectivity index (χ4v) is 3.64. The number of nitrogens with zero attached hydrogens (tertiary/aromatic N) is 5. The standard InChI is InChI=1S/C22H25FN6O/c1-15-14-18(6-9-20(15)28-12-10-27(3)11-13-28)25-22(30)21-24-16(2)29(26-21)19-7-4-17(23)5-8-19/h4-9,14H,10-13H2,1-3H3,(H,25,30). The van der Waals surface area contributed by atoms with Crippen LogP contribution in [0.4, 0.5) is 15.8 Å². The Morgan fingerprint density at radius 1 is 1.03 bits per heavy atom. The smallest absolute Gasteiger partial charge is 0.295 e. The Morgan fingerprint density at radius 3 is 2.40 bits per heavy atom. The van der Waals surface area contributed by atoms with E-state index in [1.165, 1.54) is 22.5 Å². The average Bonchev–Trinajstić information content (AvgIpc) is 3.11. The summed E-state index contributed by atoms with van der Waals surface area (Å²) in [4.78, 5) is 21.6. The highest BCUT2D eigenvalue weighted by atomic mass is 19.1. The van der Waals surface area contributed by atoms with Crippen LogP contribution in [0, 0.1) is 19.7 Å². The molecule has 1 amide bonds. The first kappa shape index (κ1) is 20.0. The fraction of sp³-hybridized carbons (Fsp3) is 0.318. The van der Waals surface area contributed by atoms with Crippen molar-refractivity contribution in [2.75, 3.05) is 43.4 Å². The van der Waals surface area contributed by atoms with Crippen molar-refractivity contribution < 1.29 is 9.18 Å². The lowest BCUT2D eigenvalue weighted by Crippen LogP contribution is -2.44. The first-order chi connectivity index (χ1) is 14.4. The van der Waals surface area contributed by atoms with Gasteiger partial charge in [0.25, 0.3) is 5.91 Å². The summed E-state index contributed by atoms with van der Waals surface area (Å²) < 4.78 is 14.7. The van der Waals surface area contributed by atoms with Crippen LogP contribution in [0.3, 0.4) is 0 Å². The summed E-state index contributed by atoms with van der Waals surface area (Å²) in [5, 5.41) is 7.16. The van der Waals surface area contributed by atoms with E-state index in [0.29, 0.717) is 17.2 Å². The minimum Gasteiger partial charge on any atom is -0.369 e. The van der Waals surface area contributed by atoms with Gasteiger partial charge in [0.1, 0.15) is 11.6 Å². The lowest BCUT2D eigenvalue weighted by Gasteiger charge is -2.35. The van der Waals surface area contributed by atoms with Gasteiger partial charge in [0.05, 0.1) is 5.69 Å². The quantitative estimate of drug-likeness (QED) is 0.719. The molecule has 0 aliphatic carbocycles. The maximum atomic E-state index is 13.2. The second-order valence-electron chi connectivity index (χ2n) is 7.62. The number of hydrogen-bond acceptors (Lipinski definition) is 5. The molecule has 0 bridgehead atoms. The van der Waals surface area contributed by atoms with E-state index in [1.807, 2.05) is 18.2 Å². The summed E-state index contributed by atoms with van der Waals surface area (Å²) in [7, 11) is 2.13. The van der Waals surface area contributed by atoms with E-state index < -0.39 is 0 Å². The highest BCUT2D eigenvalue weighted by Gasteiger charge is 2.18. The largest absolute Gasteiger partial charge is 0.369 e. The molecule has 0 radical (unpaired) electrons. The van der Waals surface area contributed by atoms with Crippen molar-refractivity contribution in [2.24, 2.45) is 0 Å². The monoisotopic (exact) mass is 408 g/mol. The van der Waals surface area contributed by atoms with Gasteiger partial charge in [-0.3, -0.25) is 4.79 Å². The van der Waals surface area contributed by atoms with Gasteiger partial charge < -0.3 is 15.1 Å². The van der Waals surface area contributed by atoms with Crippen LogP contribution in [0.5, 0.6) is 0 Å². The molecule has 1 aliphatic rings. The summed E-state index contributed by atoms with van der Waals surface area (Å²) in [6, 6.07) is 11.8. The summed E-state index contributed by atoms with van der Waals surface area (Å²) in [5.74, 6) is -0.0958. The minimum atomic E-state index is -0.384. The molecule has 0 spiro atoms. The van der Waals surface area contributed by atoms with Crippen LogP contribution < -0.4 is 10.2 Å². The van der Waals surface area contributed by atoms with Gasteiger partial charge in [-0.05, 0) is 68.9 Å². The summed E-state index contributed by atoms with van der Waals surface area (Å²) in [5.41, 5.74) is 3.65. The van der Waals surface area contributed by atoms with Gasteiger partial charge in [-0.2, -0.15) is 0 Å². The molecule has 0 unspecified atom stereocenters. The predicted octanol–water partition coefficient (Wildman–Crippen LogP) is 3.03. The number of carbonyl (C=O) groups is 1. The number of hydrogen-bond donors (Lipinski definition) is 1. The lowest BCUT2D eigenvalue weighted by atomic mass is 10.1. The number of amides is 1. The third-order valence-electron chi connectivity index (χ3n) is 5.34. The van der Waals surface area contributed by atoms with Gasteiger partial charge >= 0.3 is 0 Å². The first-order valence-electron chi connectivity index (χ1n) is 9.96. The SMILES string of the molecule is Cc1cc(NC(=O)c2nc(C)n(-c3ccc(F)cc3)n2)ccc1N1CCN(C)CC1. The van der Waals surface area contributed by atoms with E-state index in [4.69, 9.17) is 0 Å². The Balaban J connectivity index is 1.48. The number of halogens is 1. The number of benzene rings is 2. The molecule has 2 aromatic carbocycles. The lowest BCUT2D eigenvalue weighted by molar-refractivity contribution is 0.101. The second kappa shape index (κ2) is 8.23. The van der Waals surface area contributed by atoms with E-state index in [1.54, 1.807) is 19.1 Å². The van der Waals surface area contributed by atoms with Gasteiger partial charge in [0.2, 0.25) is 5.82 Å². The summed E-state index contributed by atoms with van der Waals surface area (Å²) in [6.07, 6.45) is 0. The molecule has 4 rings (SSSR count). The molecule has 0 saturated carbocycles. The van der Waals surface area contributed by atoms with Gasteiger partial charge in [-0.1, -0.05) is 0 Å². The molecule has 1 saturated heterocycles. The predicted molar refractivity (Wildman–Crippen MR) is 115 cm³/mol. The molecule has 8 heteroatoms. The van der Waals surface area contributed by atoms with Crippen molar-refractivity contribution in [3.05, 3.63) is 65.5 Å². The normalized spacial score (nSPS) is 14.7. The molecule has 3 aromatic rings. The van der Waals surface area contributed by atoms with Crippen LogP contribution in [-0.2, 0) is 0 Å². The fourth-order valence-electron chi connectivity index (χ4n) is 3.64. The number of rotatable bonds is 4. The number of aromatic nitrogens is 3. The highest BCUT2D eigenvalue weighted by Crippen LogP contribution is 2.25. The van der Waals surface area contributed by atoms with E-state index in [0.717, 1.165) is 31.7 Å². The molecule has 1 fully saturated rings. The van der Waals surface area contributed by atoms with E-state index in [9.17, 15) is 9.18 Å². The van der Waals surface area contributed by atoms with Crippen molar-refractivity contribution in [1.82, 2.24) is 19.7 Å². The third kappa shape index (κ3) is 4.18. The van der Waals surface area contributed by atoms with Gasteiger partial charge in [-0.15, -0.1) is 5.10 Å². The Labute approximate surface area is 175 Å². The molecule has 1 aromatic heterocycles. The molecule has 30 heavy (non-hydrogen) atoms. The summed E-state index contributed by atoms with van der Waals surface area (Å²) in [6.45, 7) is 7.87. The number of nitrogens with one attached hydrogen (secondary N) is 1. The number of anilines is 2. The number of carbonyl (C=O) groups excluding carboxylic acids is 1. The zero-order chi connectivity index (χ0) is 21.3. The molecular formula is C22H25FN6O. The van der Waals surface area contributed by atoms with Crippen molar-refractivity contribution in [1.29, 1.82) is 0 Å². The zero-order valence-corrected chi connectivity index (χ0v) is 17.4.